The van der Waals surface area contributed by atoms with Crippen molar-refractivity contribution < 1.29 is 8.78 Å². The first-order chi connectivity index (χ1) is 11.1. The summed E-state index contributed by atoms with van der Waals surface area (Å²) < 4.78 is 26.8. The zero-order valence-electron chi connectivity index (χ0n) is 13.9. The van der Waals surface area contributed by atoms with Gasteiger partial charge in [-0.05, 0) is 44.0 Å². The van der Waals surface area contributed by atoms with Crippen molar-refractivity contribution in [1.29, 1.82) is 0 Å². The van der Waals surface area contributed by atoms with E-state index in [1.807, 2.05) is 0 Å². The van der Waals surface area contributed by atoms with Crippen molar-refractivity contribution in [2.24, 2.45) is 4.99 Å². The second-order valence-electron chi connectivity index (χ2n) is 5.92. The third kappa shape index (κ3) is 5.46. The Labute approximate surface area is 137 Å². The van der Waals surface area contributed by atoms with Crippen LogP contribution in [-0.4, -0.2) is 43.6 Å². The van der Waals surface area contributed by atoms with Crippen molar-refractivity contribution in [2.45, 2.75) is 38.8 Å². The van der Waals surface area contributed by atoms with Crippen LogP contribution in [0.15, 0.2) is 23.2 Å². The van der Waals surface area contributed by atoms with E-state index in [2.05, 4.69) is 27.4 Å². The molecule has 0 aliphatic carbocycles. The van der Waals surface area contributed by atoms with Gasteiger partial charge in [0, 0.05) is 38.3 Å². The molecule has 2 N–H and O–H groups in total. The second-order valence-corrected chi connectivity index (χ2v) is 5.92. The van der Waals surface area contributed by atoms with Gasteiger partial charge in [-0.25, -0.2) is 8.78 Å². The summed E-state index contributed by atoms with van der Waals surface area (Å²) in [6.45, 7) is 5.72. The lowest BCUT2D eigenvalue weighted by atomic mass is 10.1. The Morgan fingerprint density at radius 2 is 2.04 bits per heavy atom. The van der Waals surface area contributed by atoms with E-state index < -0.39 is 11.6 Å². The van der Waals surface area contributed by atoms with E-state index in [9.17, 15) is 8.78 Å². The number of piperidine rings is 1. The highest BCUT2D eigenvalue weighted by Gasteiger charge is 2.19. The summed E-state index contributed by atoms with van der Waals surface area (Å²) in [7, 11) is 1.68. The molecule has 1 aliphatic rings. The highest BCUT2D eigenvalue weighted by Crippen LogP contribution is 2.11. The lowest BCUT2D eigenvalue weighted by molar-refractivity contribution is 0.206. The fourth-order valence-electron chi connectivity index (χ4n) is 2.86. The van der Waals surface area contributed by atoms with Gasteiger partial charge >= 0.3 is 0 Å². The Hall–Kier alpha value is -1.69. The van der Waals surface area contributed by atoms with Gasteiger partial charge in [0.1, 0.15) is 11.6 Å². The molecule has 0 unspecified atom stereocenters. The van der Waals surface area contributed by atoms with Crippen LogP contribution in [0.2, 0.25) is 0 Å². The average Bonchev–Trinajstić information content (AvgIpc) is 2.56. The minimum absolute atomic E-state index is 0.206. The summed E-state index contributed by atoms with van der Waals surface area (Å²) in [5.74, 6) is -0.223. The number of nitrogens with zero attached hydrogens (tertiary/aromatic N) is 2. The molecule has 0 atom stereocenters. The fraction of sp³-hybridized carbons (Fsp3) is 0.588. The lowest BCUT2D eigenvalue weighted by Crippen LogP contribution is -2.48. The zero-order chi connectivity index (χ0) is 16.7. The van der Waals surface area contributed by atoms with Gasteiger partial charge in [-0.2, -0.15) is 0 Å². The number of hydrogen-bond donors (Lipinski definition) is 2. The average molecular weight is 324 g/mol. The van der Waals surface area contributed by atoms with E-state index in [0.29, 0.717) is 17.6 Å². The summed E-state index contributed by atoms with van der Waals surface area (Å²) in [5, 5.41) is 6.42. The number of rotatable bonds is 5. The maximum Gasteiger partial charge on any atom is 0.191 e. The van der Waals surface area contributed by atoms with E-state index in [0.717, 1.165) is 44.6 Å². The predicted octanol–water partition coefficient (Wildman–Crippen LogP) is 2.50. The van der Waals surface area contributed by atoms with E-state index >= 15 is 0 Å². The Bertz CT molecular complexity index is 525. The van der Waals surface area contributed by atoms with E-state index in [4.69, 9.17) is 0 Å². The van der Waals surface area contributed by atoms with Gasteiger partial charge < -0.3 is 15.5 Å². The van der Waals surface area contributed by atoms with Crippen LogP contribution in [0.25, 0.3) is 0 Å². The number of benzene rings is 1. The summed E-state index contributed by atoms with van der Waals surface area (Å²) in [4.78, 5) is 6.64. The molecule has 1 aliphatic heterocycles. The van der Waals surface area contributed by atoms with Crippen LogP contribution >= 0.6 is 0 Å². The largest absolute Gasteiger partial charge is 0.354 e. The molecular formula is C17H26F2N4. The number of guanidine groups is 1. The quantitative estimate of drug-likeness (QED) is 0.646. The summed E-state index contributed by atoms with van der Waals surface area (Å²) in [6, 6.07) is 3.84. The number of likely N-dealkylation sites (tertiary alicyclic amines) is 1. The number of hydrogen-bond acceptors (Lipinski definition) is 2. The molecule has 0 amide bonds. The smallest absolute Gasteiger partial charge is 0.191 e. The van der Waals surface area contributed by atoms with E-state index in [-0.39, 0.29) is 6.54 Å². The van der Waals surface area contributed by atoms with Gasteiger partial charge in [-0.3, -0.25) is 4.99 Å². The van der Waals surface area contributed by atoms with Gasteiger partial charge in [0.05, 0.1) is 0 Å². The van der Waals surface area contributed by atoms with Crippen LogP contribution in [0.3, 0.4) is 0 Å². The topological polar surface area (TPSA) is 39.7 Å². The first kappa shape index (κ1) is 17.7. The minimum atomic E-state index is -0.436. The molecule has 0 radical (unpaired) electrons. The second kappa shape index (κ2) is 8.82. The molecule has 0 aromatic heterocycles. The summed E-state index contributed by atoms with van der Waals surface area (Å²) >= 11 is 0. The lowest BCUT2D eigenvalue weighted by Gasteiger charge is -2.32. The third-order valence-corrected chi connectivity index (χ3v) is 4.15. The predicted molar refractivity (Wildman–Crippen MR) is 89.4 cm³/mol. The van der Waals surface area contributed by atoms with Crippen molar-refractivity contribution in [2.75, 3.05) is 26.7 Å². The molecule has 128 valence electrons. The fourth-order valence-corrected chi connectivity index (χ4v) is 2.86. The highest BCUT2D eigenvalue weighted by atomic mass is 19.1. The van der Waals surface area contributed by atoms with Crippen LogP contribution < -0.4 is 10.6 Å². The van der Waals surface area contributed by atoms with Crippen LogP contribution in [-0.2, 0) is 6.54 Å². The molecular weight excluding hydrogens is 298 g/mol. The van der Waals surface area contributed by atoms with Gasteiger partial charge in [0.2, 0.25) is 0 Å². The molecule has 0 bridgehead atoms. The van der Waals surface area contributed by atoms with E-state index in [1.54, 1.807) is 7.05 Å². The van der Waals surface area contributed by atoms with Gasteiger partial charge in [-0.1, -0.05) is 6.92 Å². The molecule has 23 heavy (non-hydrogen) atoms. The molecule has 0 spiro atoms. The molecule has 1 aromatic rings. The Morgan fingerprint density at radius 1 is 1.30 bits per heavy atom. The molecule has 2 rings (SSSR count). The maximum atomic E-state index is 13.6. The number of aliphatic imine (C=N–C) groups is 1. The third-order valence-electron chi connectivity index (χ3n) is 4.15. The molecule has 6 heteroatoms. The van der Waals surface area contributed by atoms with Gasteiger partial charge in [0.25, 0.3) is 0 Å². The molecule has 1 heterocycles. The van der Waals surface area contributed by atoms with Crippen molar-refractivity contribution in [3.63, 3.8) is 0 Å². The molecule has 0 saturated carbocycles. The van der Waals surface area contributed by atoms with Crippen LogP contribution in [0.5, 0.6) is 0 Å². The number of halogens is 2. The Balaban J connectivity index is 1.81. The molecule has 1 aromatic carbocycles. The standard InChI is InChI=1S/C17H26F2N4/c1-3-8-23-9-6-15(7-10-23)22-17(20-2)21-12-13-11-14(18)4-5-16(13)19/h4-5,11,15H,3,6-10,12H2,1-2H3,(H2,20,21,22). The minimum Gasteiger partial charge on any atom is -0.354 e. The van der Waals surface area contributed by atoms with Crippen LogP contribution in [0.4, 0.5) is 8.78 Å². The number of nitrogens with one attached hydrogen (secondary N) is 2. The first-order valence-corrected chi connectivity index (χ1v) is 8.25. The van der Waals surface area contributed by atoms with Crippen molar-refractivity contribution >= 4 is 5.96 Å². The van der Waals surface area contributed by atoms with Gasteiger partial charge in [0.15, 0.2) is 5.96 Å². The van der Waals surface area contributed by atoms with Crippen molar-refractivity contribution in [3.05, 3.63) is 35.4 Å². The van der Waals surface area contributed by atoms with Crippen LogP contribution in [0, 0.1) is 11.6 Å². The Morgan fingerprint density at radius 3 is 2.70 bits per heavy atom. The van der Waals surface area contributed by atoms with Crippen molar-refractivity contribution in [3.8, 4) is 0 Å². The SMILES string of the molecule is CCCN1CCC(NC(=NC)NCc2cc(F)ccc2F)CC1. The summed E-state index contributed by atoms with van der Waals surface area (Å²) in [5.41, 5.74) is 0.297. The zero-order valence-corrected chi connectivity index (χ0v) is 13.9. The first-order valence-electron chi connectivity index (χ1n) is 8.25. The Kier molecular flexibility index (Phi) is 6.77. The summed E-state index contributed by atoms with van der Waals surface area (Å²) in [6.07, 6.45) is 3.31. The monoisotopic (exact) mass is 324 g/mol. The van der Waals surface area contributed by atoms with Crippen molar-refractivity contribution in [1.82, 2.24) is 15.5 Å². The highest BCUT2D eigenvalue weighted by molar-refractivity contribution is 5.79. The van der Waals surface area contributed by atoms with Crippen LogP contribution in [0.1, 0.15) is 31.7 Å². The molecule has 4 nitrogen and oxygen atoms in total. The normalized spacial score (nSPS) is 17.3. The molecule has 1 saturated heterocycles. The molecule has 1 fully saturated rings. The van der Waals surface area contributed by atoms with E-state index in [1.165, 1.54) is 12.5 Å². The van der Waals surface area contributed by atoms with Gasteiger partial charge in [-0.15, -0.1) is 0 Å². The maximum absolute atomic E-state index is 13.6.